The van der Waals surface area contributed by atoms with Crippen LogP contribution in [0.3, 0.4) is 0 Å². The van der Waals surface area contributed by atoms with Crippen molar-refractivity contribution >= 4 is 5.91 Å². The molecule has 0 saturated heterocycles. The zero-order valence-electron chi connectivity index (χ0n) is 14.9. The first-order valence-corrected chi connectivity index (χ1v) is 8.81. The predicted octanol–water partition coefficient (Wildman–Crippen LogP) is 4.38. The van der Waals surface area contributed by atoms with E-state index in [2.05, 4.69) is 5.32 Å². The summed E-state index contributed by atoms with van der Waals surface area (Å²) in [6.07, 6.45) is 0.976. The van der Waals surface area contributed by atoms with Gasteiger partial charge in [0.1, 0.15) is 23.9 Å². The molecule has 26 heavy (non-hydrogen) atoms. The van der Waals surface area contributed by atoms with Crippen molar-refractivity contribution in [2.45, 2.75) is 19.8 Å². The molecule has 0 atom stereocenters. The van der Waals surface area contributed by atoms with Crippen LogP contribution in [0.15, 0.2) is 71.1 Å². The molecule has 0 saturated carbocycles. The van der Waals surface area contributed by atoms with E-state index >= 15 is 0 Å². The fraction of sp³-hybridized carbons (Fsp3) is 0.227. The van der Waals surface area contributed by atoms with Crippen molar-refractivity contribution in [3.05, 3.63) is 78.1 Å². The number of rotatable bonds is 8. The summed E-state index contributed by atoms with van der Waals surface area (Å²) in [6, 6.07) is 21.7. The molecule has 1 aromatic heterocycles. The van der Waals surface area contributed by atoms with Crippen LogP contribution in [-0.2, 0) is 11.2 Å². The minimum absolute atomic E-state index is 0.00447. The quantitative estimate of drug-likeness (QED) is 0.614. The lowest BCUT2D eigenvalue weighted by Gasteiger charge is -2.07. The fourth-order valence-electron chi connectivity index (χ4n) is 2.59. The van der Waals surface area contributed by atoms with E-state index in [4.69, 9.17) is 9.15 Å². The van der Waals surface area contributed by atoms with Crippen molar-refractivity contribution in [3.8, 4) is 17.1 Å². The standard InChI is InChI=1S/C22H23NO3/c1-17-7-9-19(10-8-17)25-16-15-23-22(24)14-12-20-11-13-21(26-20)18-5-3-2-4-6-18/h2-11,13H,12,14-16H2,1H3,(H,23,24). The van der Waals surface area contributed by atoms with Crippen molar-refractivity contribution in [1.29, 1.82) is 0 Å². The lowest BCUT2D eigenvalue weighted by atomic mass is 10.2. The molecule has 4 heteroatoms. The minimum atomic E-state index is -0.00447. The Kier molecular flexibility index (Phi) is 6.09. The molecule has 1 heterocycles. The minimum Gasteiger partial charge on any atom is -0.492 e. The average molecular weight is 349 g/mol. The molecule has 0 bridgehead atoms. The van der Waals surface area contributed by atoms with Gasteiger partial charge in [-0.15, -0.1) is 0 Å². The van der Waals surface area contributed by atoms with Gasteiger partial charge in [-0.1, -0.05) is 48.0 Å². The van der Waals surface area contributed by atoms with Gasteiger partial charge in [0, 0.05) is 18.4 Å². The lowest BCUT2D eigenvalue weighted by Crippen LogP contribution is -2.28. The van der Waals surface area contributed by atoms with Gasteiger partial charge in [-0.3, -0.25) is 4.79 Å². The summed E-state index contributed by atoms with van der Waals surface area (Å²) in [5.41, 5.74) is 2.23. The highest BCUT2D eigenvalue weighted by Gasteiger charge is 2.07. The lowest BCUT2D eigenvalue weighted by molar-refractivity contribution is -0.121. The van der Waals surface area contributed by atoms with Gasteiger partial charge in [-0.2, -0.15) is 0 Å². The van der Waals surface area contributed by atoms with E-state index in [1.165, 1.54) is 5.56 Å². The van der Waals surface area contributed by atoms with E-state index in [1.54, 1.807) is 0 Å². The molecule has 0 radical (unpaired) electrons. The Labute approximate surface area is 153 Å². The highest BCUT2D eigenvalue weighted by Crippen LogP contribution is 2.22. The molecule has 0 aliphatic carbocycles. The summed E-state index contributed by atoms with van der Waals surface area (Å²) in [6.45, 7) is 2.97. The Balaban J connectivity index is 1.36. The molecule has 3 aromatic rings. The SMILES string of the molecule is Cc1ccc(OCCNC(=O)CCc2ccc(-c3ccccc3)o2)cc1. The second-order valence-corrected chi connectivity index (χ2v) is 6.14. The summed E-state index contributed by atoms with van der Waals surface area (Å²) in [7, 11) is 0. The van der Waals surface area contributed by atoms with Crippen LogP contribution < -0.4 is 10.1 Å². The summed E-state index contributed by atoms with van der Waals surface area (Å²) in [4.78, 5) is 11.9. The summed E-state index contributed by atoms with van der Waals surface area (Å²) < 4.78 is 11.4. The van der Waals surface area contributed by atoms with Gasteiger partial charge in [0.25, 0.3) is 0 Å². The maximum absolute atomic E-state index is 11.9. The van der Waals surface area contributed by atoms with Crippen LogP contribution in [0.25, 0.3) is 11.3 Å². The van der Waals surface area contributed by atoms with E-state index in [0.717, 1.165) is 22.8 Å². The van der Waals surface area contributed by atoms with E-state index in [1.807, 2.05) is 73.7 Å². The largest absolute Gasteiger partial charge is 0.492 e. The summed E-state index contributed by atoms with van der Waals surface area (Å²) in [5.74, 6) is 2.45. The van der Waals surface area contributed by atoms with Crippen LogP contribution in [-0.4, -0.2) is 19.1 Å². The molecule has 134 valence electrons. The molecule has 2 aromatic carbocycles. The third-order valence-corrected chi connectivity index (χ3v) is 4.03. The number of furan rings is 1. The highest BCUT2D eigenvalue weighted by molar-refractivity contribution is 5.76. The Bertz CT molecular complexity index is 822. The topological polar surface area (TPSA) is 51.5 Å². The Morgan fingerprint density at radius 1 is 1.00 bits per heavy atom. The third-order valence-electron chi connectivity index (χ3n) is 4.03. The van der Waals surface area contributed by atoms with E-state index in [-0.39, 0.29) is 5.91 Å². The van der Waals surface area contributed by atoms with E-state index in [0.29, 0.717) is 26.0 Å². The molecular formula is C22H23NO3. The number of hydrogen-bond acceptors (Lipinski definition) is 3. The Morgan fingerprint density at radius 2 is 1.77 bits per heavy atom. The van der Waals surface area contributed by atoms with Gasteiger partial charge >= 0.3 is 0 Å². The predicted molar refractivity (Wildman–Crippen MR) is 102 cm³/mol. The first-order chi connectivity index (χ1) is 12.7. The summed E-state index contributed by atoms with van der Waals surface area (Å²) in [5, 5.41) is 2.87. The molecule has 0 aliphatic rings. The van der Waals surface area contributed by atoms with Crippen LogP contribution in [0.1, 0.15) is 17.7 Å². The number of amides is 1. The van der Waals surface area contributed by atoms with Gasteiger partial charge in [0.05, 0.1) is 6.54 Å². The van der Waals surface area contributed by atoms with Gasteiger partial charge in [0.15, 0.2) is 0 Å². The number of hydrogen-bond donors (Lipinski definition) is 1. The number of ether oxygens (including phenoxy) is 1. The number of carbonyl (C=O) groups excluding carboxylic acids is 1. The number of aryl methyl sites for hydroxylation is 2. The Hall–Kier alpha value is -3.01. The number of nitrogens with one attached hydrogen (secondary N) is 1. The molecule has 0 aliphatic heterocycles. The van der Waals surface area contributed by atoms with Crippen molar-refractivity contribution in [2.75, 3.05) is 13.2 Å². The highest BCUT2D eigenvalue weighted by atomic mass is 16.5. The first-order valence-electron chi connectivity index (χ1n) is 8.81. The smallest absolute Gasteiger partial charge is 0.220 e. The zero-order chi connectivity index (χ0) is 18.2. The molecule has 0 fully saturated rings. The third kappa shape index (κ3) is 5.24. The van der Waals surface area contributed by atoms with Crippen molar-refractivity contribution in [3.63, 3.8) is 0 Å². The van der Waals surface area contributed by atoms with Crippen LogP contribution in [0.5, 0.6) is 5.75 Å². The molecule has 3 rings (SSSR count). The van der Waals surface area contributed by atoms with Crippen LogP contribution in [0.4, 0.5) is 0 Å². The van der Waals surface area contributed by atoms with Gasteiger partial charge in [0.2, 0.25) is 5.91 Å². The van der Waals surface area contributed by atoms with Crippen molar-refractivity contribution in [1.82, 2.24) is 5.32 Å². The molecule has 4 nitrogen and oxygen atoms in total. The second kappa shape index (κ2) is 8.90. The zero-order valence-corrected chi connectivity index (χ0v) is 14.9. The molecular weight excluding hydrogens is 326 g/mol. The van der Waals surface area contributed by atoms with Gasteiger partial charge in [-0.25, -0.2) is 0 Å². The average Bonchev–Trinajstić information content (AvgIpc) is 3.15. The van der Waals surface area contributed by atoms with Crippen molar-refractivity contribution < 1.29 is 13.9 Å². The molecule has 1 amide bonds. The maximum atomic E-state index is 11.9. The molecule has 0 unspecified atom stereocenters. The maximum Gasteiger partial charge on any atom is 0.220 e. The van der Waals surface area contributed by atoms with E-state index < -0.39 is 0 Å². The van der Waals surface area contributed by atoms with Gasteiger partial charge in [-0.05, 0) is 31.2 Å². The molecule has 0 spiro atoms. The van der Waals surface area contributed by atoms with Crippen LogP contribution in [0.2, 0.25) is 0 Å². The van der Waals surface area contributed by atoms with Crippen molar-refractivity contribution in [2.24, 2.45) is 0 Å². The van der Waals surface area contributed by atoms with Crippen LogP contribution in [0, 0.1) is 6.92 Å². The Morgan fingerprint density at radius 3 is 2.54 bits per heavy atom. The molecule has 1 N–H and O–H groups in total. The summed E-state index contributed by atoms with van der Waals surface area (Å²) >= 11 is 0. The number of benzene rings is 2. The second-order valence-electron chi connectivity index (χ2n) is 6.14. The normalized spacial score (nSPS) is 10.5. The fourth-order valence-corrected chi connectivity index (χ4v) is 2.59. The van der Waals surface area contributed by atoms with E-state index in [9.17, 15) is 4.79 Å². The van der Waals surface area contributed by atoms with Gasteiger partial charge < -0.3 is 14.5 Å². The first kappa shape index (κ1) is 17.8. The van der Waals surface area contributed by atoms with Crippen LogP contribution >= 0.6 is 0 Å². The number of carbonyl (C=O) groups is 1. The monoisotopic (exact) mass is 349 g/mol.